The van der Waals surface area contributed by atoms with E-state index in [-0.39, 0.29) is 6.42 Å². The van der Waals surface area contributed by atoms with Crippen LogP contribution >= 0.6 is 0 Å². The maximum Gasteiger partial charge on any atom is 0.408 e. The standard InChI is InChI=1S/C19H26N2O5/c1-6-21-11-12(14-10-13(25-5)7-8-16(14)21)9-15(17(22)23)20-18(24)26-19(2,3)4/h7-8,10-11,15H,6,9H2,1-5H3,(H,20,24)(H,22,23). The molecular weight excluding hydrogens is 336 g/mol. The van der Waals surface area contributed by atoms with Gasteiger partial charge in [0, 0.05) is 30.1 Å². The summed E-state index contributed by atoms with van der Waals surface area (Å²) in [6, 6.07) is 4.60. The van der Waals surface area contributed by atoms with Gasteiger partial charge < -0.3 is 24.5 Å². The maximum absolute atomic E-state index is 12.0. The van der Waals surface area contributed by atoms with Crippen molar-refractivity contribution in [1.82, 2.24) is 9.88 Å². The summed E-state index contributed by atoms with van der Waals surface area (Å²) in [4.78, 5) is 23.6. The van der Waals surface area contributed by atoms with Crippen LogP contribution in [0.2, 0.25) is 0 Å². The summed E-state index contributed by atoms with van der Waals surface area (Å²) < 4.78 is 12.5. The van der Waals surface area contributed by atoms with Crippen molar-refractivity contribution in [3.05, 3.63) is 30.0 Å². The number of alkyl carbamates (subject to hydrolysis) is 1. The number of carbonyl (C=O) groups is 2. The molecule has 2 N–H and O–H groups in total. The first-order valence-electron chi connectivity index (χ1n) is 8.52. The van der Waals surface area contributed by atoms with E-state index in [4.69, 9.17) is 9.47 Å². The zero-order chi connectivity index (χ0) is 19.5. The number of nitrogens with one attached hydrogen (secondary N) is 1. The second-order valence-corrected chi connectivity index (χ2v) is 7.06. The molecule has 2 aromatic rings. The average Bonchev–Trinajstić information content (AvgIpc) is 2.89. The van der Waals surface area contributed by atoms with Gasteiger partial charge in [-0.3, -0.25) is 0 Å². The number of hydrogen-bond acceptors (Lipinski definition) is 4. The Bertz CT molecular complexity index is 804. The van der Waals surface area contributed by atoms with Crippen LogP contribution in [-0.4, -0.2) is 40.5 Å². The number of fused-ring (bicyclic) bond motifs is 1. The second kappa shape index (κ2) is 7.68. The summed E-state index contributed by atoms with van der Waals surface area (Å²) in [5, 5.41) is 12.9. The number of hydrogen-bond donors (Lipinski definition) is 2. The Kier molecular flexibility index (Phi) is 5.79. The van der Waals surface area contributed by atoms with E-state index in [1.54, 1.807) is 27.9 Å². The first-order chi connectivity index (χ1) is 12.1. The third-order valence-electron chi connectivity index (χ3n) is 3.92. The molecule has 1 unspecified atom stereocenters. The van der Waals surface area contributed by atoms with Crippen LogP contribution < -0.4 is 10.1 Å². The van der Waals surface area contributed by atoms with E-state index < -0.39 is 23.7 Å². The quantitative estimate of drug-likeness (QED) is 0.824. The predicted octanol–water partition coefficient (Wildman–Crippen LogP) is 3.19. The molecule has 0 aliphatic heterocycles. The van der Waals surface area contributed by atoms with E-state index in [0.29, 0.717) is 5.75 Å². The fourth-order valence-electron chi connectivity index (χ4n) is 2.77. The number of methoxy groups -OCH3 is 1. The zero-order valence-electron chi connectivity index (χ0n) is 15.8. The molecule has 7 heteroatoms. The van der Waals surface area contributed by atoms with Gasteiger partial charge in [-0.15, -0.1) is 0 Å². The van der Waals surface area contributed by atoms with Crippen LogP contribution in [0, 0.1) is 0 Å². The van der Waals surface area contributed by atoms with E-state index in [9.17, 15) is 14.7 Å². The largest absolute Gasteiger partial charge is 0.497 e. The van der Waals surface area contributed by atoms with Crippen molar-refractivity contribution >= 4 is 23.0 Å². The molecule has 26 heavy (non-hydrogen) atoms. The highest BCUT2D eigenvalue weighted by Crippen LogP contribution is 2.27. The number of carboxylic acid groups (broad SMARTS) is 1. The van der Waals surface area contributed by atoms with Gasteiger partial charge in [0.05, 0.1) is 7.11 Å². The number of carboxylic acids is 1. The molecule has 0 aliphatic rings. The lowest BCUT2D eigenvalue weighted by Gasteiger charge is -2.22. The molecular formula is C19H26N2O5. The van der Waals surface area contributed by atoms with E-state index in [1.807, 2.05) is 35.9 Å². The Labute approximate surface area is 152 Å². The topological polar surface area (TPSA) is 89.8 Å². The minimum atomic E-state index is -1.11. The number of benzene rings is 1. The summed E-state index contributed by atoms with van der Waals surface area (Å²) in [6.45, 7) is 7.94. The van der Waals surface area contributed by atoms with Crippen molar-refractivity contribution in [3.63, 3.8) is 0 Å². The third-order valence-corrected chi connectivity index (χ3v) is 3.92. The van der Waals surface area contributed by atoms with Crippen LogP contribution in [0.5, 0.6) is 5.75 Å². The third kappa shape index (κ3) is 4.68. The Morgan fingerprint density at radius 2 is 2.00 bits per heavy atom. The number of ether oxygens (including phenoxy) is 2. The van der Waals surface area contributed by atoms with Gasteiger partial charge in [0.25, 0.3) is 0 Å². The molecule has 0 aliphatic carbocycles. The molecule has 0 saturated carbocycles. The molecule has 1 heterocycles. The Balaban J connectivity index is 2.30. The minimum Gasteiger partial charge on any atom is -0.497 e. The fourth-order valence-corrected chi connectivity index (χ4v) is 2.77. The van der Waals surface area contributed by atoms with Crippen LogP contribution in [0.3, 0.4) is 0 Å². The highest BCUT2D eigenvalue weighted by Gasteiger charge is 2.25. The van der Waals surface area contributed by atoms with E-state index in [0.717, 1.165) is 23.0 Å². The number of aryl methyl sites for hydroxylation is 1. The SMILES string of the molecule is CCn1cc(CC(NC(=O)OC(C)(C)C)C(=O)O)c2cc(OC)ccc21. The molecule has 0 radical (unpaired) electrons. The van der Waals surface area contributed by atoms with Crippen molar-refractivity contribution in [1.29, 1.82) is 0 Å². The Morgan fingerprint density at radius 1 is 1.31 bits per heavy atom. The molecule has 2 rings (SSSR count). The van der Waals surface area contributed by atoms with E-state index in [1.165, 1.54) is 0 Å². The van der Waals surface area contributed by atoms with Gasteiger partial charge in [0.15, 0.2) is 0 Å². The van der Waals surface area contributed by atoms with Gasteiger partial charge in [-0.25, -0.2) is 9.59 Å². The molecule has 0 fully saturated rings. The van der Waals surface area contributed by atoms with Crippen LogP contribution in [-0.2, 0) is 22.5 Å². The molecule has 142 valence electrons. The number of nitrogens with zero attached hydrogens (tertiary/aromatic N) is 1. The molecule has 1 aromatic carbocycles. The van der Waals surface area contributed by atoms with Crippen molar-refractivity contribution < 1.29 is 24.2 Å². The van der Waals surface area contributed by atoms with Crippen LogP contribution in [0.15, 0.2) is 24.4 Å². The normalized spacial score (nSPS) is 12.7. The van der Waals surface area contributed by atoms with Crippen molar-refractivity contribution in [2.45, 2.75) is 52.3 Å². The number of carbonyl (C=O) groups excluding carboxylic acids is 1. The lowest BCUT2D eigenvalue weighted by atomic mass is 10.0. The summed E-state index contributed by atoms with van der Waals surface area (Å²) in [6.07, 6.45) is 1.31. The molecule has 1 amide bonds. The van der Waals surface area contributed by atoms with Gasteiger partial charge in [-0.05, 0) is 51.5 Å². The molecule has 0 bridgehead atoms. The monoisotopic (exact) mass is 362 g/mol. The molecule has 0 saturated heterocycles. The number of aromatic nitrogens is 1. The van der Waals surface area contributed by atoms with Crippen molar-refractivity contribution in [2.24, 2.45) is 0 Å². The maximum atomic E-state index is 12.0. The number of aliphatic carboxylic acids is 1. The van der Waals surface area contributed by atoms with Gasteiger partial charge >= 0.3 is 12.1 Å². The molecule has 1 atom stereocenters. The van der Waals surface area contributed by atoms with Gasteiger partial charge in [-0.2, -0.15) is 0 Å². The molecule has 7 nitrogen and oxygen atoms in total. The lowest BCUT2D eigenvalue weighted by molar-refractivity contribution is -0.139. The second-order valence-electron chi connectivity index (χ2n) is 7.06. The highest BCUT2D eigenvalue weighted by atomic mass is 16.6. The zero-order valence-corrected chi connectivity index (χ0v) is 15.8. The first kappa shape index (κ1) is 19.6. The van der Waals surface area contributed by atoms with E-state index in [2.05, 4.69) is 5.32 Å². The molecule has 1 aromatic heterocycles. The fraction of sp³-hybridized carbons (Fsp3) is 0.474. The summed E-state index contributed by atoms with van der Waals surface area (Å²) >= 11 is 0. The Hall–Kier alpha value is -2.70. The smallest absolute Gasteiger partial charge is 0.408 e. The Morgan fingerprint density at radius 3 is 2.54 bits per heavy atom. The van der Waals surface area contributed by atoms with Crippen molar-refractivity contribution in [3.8, 4) is 5.75 Å². The number of amides is 1. The van der Waals surface area contributed by atoms with Gasteiger partial charge in [0.2, 0.25) is 0 Å². The average molecular weight is 362 g/mol. The lowest BCUT2D eigenvalue weighted by Crippen LogP contribution is -2.44. The summed E-state index contributed by atoms with van der Waals surface area (Å²) in [5.74, 6) is -0.421. The summed E-state index contributed by atoms with van der Waals surface area (Å²) in [5.41, 5.74) is 1.12. The van der Waals surface area contributed by atoms with Crippen LogP contribution in [0.4, 0.5) is 4.79 Å². The van der Waals surface area contributed by atoms with E-state index >= 15 is 0 Å². The minimum absolute atomic E-state index is 0.144. The predicted molar refractivity (Wildman–Crippen MR) is 98.7 cm³/mol. The summed E-state index contributed by atoms with van der Waals surface area (Å²) in [7, 11) is 1.59. The van der Waals surface area contributed by atoms with Crippen LogP contribution in [0.25, 0.3) is 10.9 Å². The van der Waals surface area contributed by atoms with Gasteiger partial charge in [-0.1, -0.05) is 0 Å². The van der Waals surface area contributed by atoms with Gasteiger partial charge in [0.1, 0.15) is 17.4 Å². The number of rotatable bonds is 6. The first-order valence-corrected chi connectivity index (χ1v) is 8.52. The van der Waals surface area contributed by atoms with Crippen LogP contribution in [0.1, 0.15) is 33.3 Å². The molecule has 0 spiro atoms. The van der Waals surface area contributed by atoms with Crippen molar-refractivity contribution in [2.75, 3.05) is 7.11 Å². The highest BCUT2D eigenvalue weighted by molar-refractivity contribution is 5.87.